The van der Waals surface area contributed by atoms with Gasteiger partial charge in [0.2, 0.25) is 6.29 Å². The topological polar surface area (TPSA) is 91.8 Å². The fourth-order valence-corrected chi connectivity index (χ4v) is 4.92. The van der Waals surface area contributed by atoms with Crippen LogP contribution in [0.5, 0.6) is 0 Å². The van der Waals surface area contributed by atoms with E-state index in [-0.39, 0.29) is 17.5 Å². The quantitative estimate of drug-likeness (QED) is 0.139. The number of allylic oxidation sites excluding steroid dienone is 2. The smallest absolute Gasteiger partial charge is 0.458 e. The Bertz CT molecular complexity index is 1150. The summed E-state index contributed by atoms with van der Waals surface area (Å²) < 4.78 is 16.4. The van der Waals surface area contributed by atoms with Crippen molar-refractivity contribution >= 4 is 39.2 Å². The van der Waals surface area contributed by atoms with Crippen molar-refractivity contribution in [2.75, 3.05) is 7.11 Å². The fourth-order valence-electron chi connectivity index (χ4n) is 4.69. The van der Waals surface area contributed by atoms with Gasteiger partial charge in [-0.25, -0.2) is 4.79 Å². The molecule has 0 spiro atoms. The number of hydrogen-bond donors (Lipinski definition) is 0. The number of halogens is 1. The minimum absolute atomic E-state index is 0.0113. The first-order valence-corrected chi connectivity index (χ1v) is 12.8. The first-order valence-electron chi connectivity index (χ1n) is 12.0. The van der Waals surface area contributed by atoms with Gasteiger partial charge in [0.05, 0.1) is 12.7 Å². The molecule has 1 aromatic heterocycles. The molecule has 2 aromatic rings. The van der Waals surface area contributed by atoms with Gasteiger partial charge in [0.25, 0.3) is 0 Å². The summed E-state index contributed by atoms with van der Waals surface area (Å²) in [6.45, 7) is 7.58. The molecular formula is C28H32BrNO6. The van der Waals surface area contributed by atoms with Crippen LogP contribution in [0, 0.1) is 26.7 Å². The molecule has 0 fully saturated rings. The maximum absolute atomic E-state index is 13.6. The summed E-state index contributed by atoms with van der Waals surface area (Å²) in [6, 6.07) is 7.59. The Morgan fingerprint density at radius 1 is 1.14 bits per heavy atom. The lowest BCUT2D eigenvalue weighted by Gasteiger charge is -2.18. The zero-order valence-corrected chi connectivity index (χ0v) is 22.9. The highest BCUT2D eigenvalue weighted by Gasteiger charge is 2.37. The van der Waals surface area contributed by atoms with E-state index in [1.165, 1.54) is 7.11 Å². The number of nitrogens with zero attached hydrogens (tertiary/aromatic N) is 1. The van der Waals surface area contributed by atoms with Crippen LogP contribution in [-0.2, 0) is 19.0 Å². The summed E-state index contributed by atoms with van der Waals surface area (Å²) in [5.74, 6) is 0.266. The largest absolute Gasteiger partial charge is 0.511 e. The molecule has 0 saturated carbocycles. The maximum atomic E-state index is 13.6. The molecule has 0 saturated heterocycles. The van der Waals surface area contributed by atoms with Gasteiger partial charge in [-0.05, 0) is 78.4 Å². The molecule has 1 aromatic carbocycles. The van der Waals surface area contributed by atoms with Crippen molar-refractivity contribution in [1.82, 2.24) is 4.98 Å². The van der Waals surface area contributed by atoms with Crippen molar-refractivity contribution in [2.24, 2.45) is 5.92 Å². The number of carbonyl (C=O) groups excluding carboxylic acids is 3. The van der Waals surface area contributed by atoms with Crippen LogP contribution in [0.2, 0.25) is 0 Å². The number of aromatic nitrogens is 1. The molecule has 0 amide bonds. The molecule has 0 bridgehead atoms. The van der Waals surface area contributed by atoms with Gasteiger partial charge in [0.1, 0.15) is 11.5 Å². The first kappa shape index (κ1) is 27.6. The number of rotatable bonds is 10. The normalized spacial score (nSPS) is 16.2. The molecule has 36 heavy (non-hydrogen) atoms. The monoisotopic (exact) mass is 557 g/mol. The third kappa shape index (κ3) is 6.81. The molecule has 0 radical (unpaired) electrons. The minimum Gasteiger partial charge on any atom is -0.458 e. The van der Waals surface area contributed by atoms with Gasteiger partial charge >= 0.3 is 6.16 Å². The van der Waals surface area contributed by atoms with Crippen LogP contribution in [0.1, 0.15) is 71.8 Å². The average Bonchev–Trinajstić information content (AvgIpc) is 3.10. The Hall–Kier alpha value is -3.00. The minimum atomic E-state index is -0.906. The van der Waals surface area contributed by atoms with E-state index in [9.17, 15) is 14.4 Å². The van der Waals surface area contributed by atoms with Gasteiger partial charge in [-0.2, -0.15) is 0 Å². The Labute approximate surface area is 220 Å². The highest BCUT2D eigenvalue weighted by Crippen LogP contribution is 2.41. The van der Waals surface area contributed by atoms with Crippen molar-refractivity contribution < 1.29 is 28.6 Å². The van der Waals surface area contributed by atoms with Gasteiger partial charge < -0.3 is 14.2 Å². The van der Waals surface area contributed by atoms with E-state index in [1.807, 2.05) is 32.9 Å². The molecule has 1 aliphatic carbocycles. The van der Waals surface area contributed by atoms with E-state index < -0.39 is 12.4 Å². The van der Waals surface area contributed by atoms with Crippen LogP contribution < -0.4 is 0 Å². The lowest BCUT2D eigenvalue weighted by atomic mass is 9.89. The lowest BCUT2D eigenvalue weighted by molar-refractivity contribution is -0.116. The Balaban J connectivity index is 1.72. The zero-order chi connectivity index (χ0) is 26.4. The molecule has 1 aliphatic rings. The van der Waals surface area contributed by atoms with E-state index in [0.29, 0.717) is 42.7 Å². The van der Waals surface area contributed by atoms with E-state index in [0.717, 1.165) is 33.1 Å². The number of ketones is 2. The number of aryl methyl sites for hydroxylation is 3. The number of Topliss-reactive ketones (excluding diaryl/α,β-unsaturated/α-hetero) is 2. The third-order valence-electron chi connectivity index (χ3n) is 6.21. The second-order valence-corrected chi connectivity index (χ2v) is 10.0. The molecule has 2 unspecified atom stereocenters. The maximum Gasteiger partial charge on any atom is 0.511 e. The SMILES string of the molecule is COC(=O)OC(C)OC1=C(c2c(C)cc(C)cc2C)C(=O)C(CCCCC(=O)c2ccc(Br)cn2)C1. The number of methoxy groups -OCH3 is 1. The van der Waals surface area contributed by atoms with Gasteiger partial charge in [0, 0.05) is 36.4 Å². The molecule has 192 valence electrons. The summed E-state index contributed by atoms with van der Waals surface area (Å²) >= 11 is 3.32. The Morgan fingerprint density at radius 2 is 1.83 bits per heavy atom. The molecule has 8 heteroatoms. The number of pyridine rings is 1. The number of carbonyl (C=O) groups is 3. The van der Waals surface area contributed by atoms with Crippen LogP contribution in [0.4, 0.5) is 4.79 Å². The highest BCUT2D eigenvalue weighted by molar-refractivity contribution is 9.10. The van der Waals surface area contributed by atoms with Crippen molar-refractivity contribution in [3.05, 3.63) is 68.6 Å². The Kier molecular flexibility index (Phi) is 9.43. The summed E-state index contributed by atoms with van der Waals surface area (Å²) in [5, 5.41) is 0. The standard InChI is InChI=1S/C28H32BrNO6/c1-16-12-17(2)25(18(3)13-16)26-24(35-19(4)36-28(33)34-5)14-20(27(26)32)8-6-7-9-23(31)22-11-10-21(29)15-30-22/h10-13,15,19-20H,6-9,14H2,1-5H3. The van der Waals surface area contributed by atoms with Crippen LogP contribution in [-0.4, -0.2) is 36.1 Å². The van der Waals surface area contributed by atoms with Gasteiger partial charge in [0.15, 0.2) is 11.6 Å². The number of unbranched alkanes of at least 4 members (excludes halogenated alkanes) is 1. The second-order valence-electron chi connectivity index (χ2n) is 9.13. The molecule has 2 atom stereocenters. The average molecular weight is 558 g/mol. The van der Waals surface area contributed by atoms with Gasteiger partial charge in [-0.1, -0.05) is 24.1 Å². The Morgan fingerprint density at radius 3 is 2.44 bits per heavy atom. The summed E-state index contributed by atoms with van der Waals surface area (Å²) in [5.41, 5.74) is 4.96. The van der Waals surface area contributed by atoms with Crippen molar-refractivity contribution in [3.8, 4) is 0 Å². The fraction of sp³-hybridized carbons (Fsp3) is 0.429. The van der Waals surface area contributed by atoms with E-state index >= 15 is 0 Å². The first-order chi connectivity index (χ1) is 17.1. The van der Waals surface area contributed by atoms with E-state index in [1.54, 1.807) is 25.3 Å². The molecule has 7 nitrogen and oxygen atoms in total. The number of ether oxygens (including phenoxy) is 3. The van der Waals surface area contributed by atoms with E-state index in [2.05, 4.69) is 25.7 Å². The van der Waals surface area contributed by atoms with Crippen molar-refractivity contribution in [1.29, 1.82) is 0 Å². The van der Waals surface area contributed by atoms with Gasteiger partial charge in [-0.15, -0.1) is 0 Å². The van der Waals surface area contributed by atoms with Crippen LogP contribution in [0.3, 0.4) is 0 Å². The predicted molar refractivity (Wildman–Crippen MR) is 139 cm³/mol. The molecule has 1 heterocycles. The molecule has 0 N–H and O–H groups in total. The van der Waals surface area contributed by atoms with Crippen molar-refractivity contribution in [3.63, 3.8) is 0 Å². The zero-order valence-electron chi connectivity index (χ0n) is 21.4. The van der Waals surface area contributed by atoms with Crippen LogP contribution >= 0.6 is 15.9 Å². The number of benzene rings is 1. The third-order valence-corrected chi connectivity index (χ3v) is 6.68. The summed E-state index contributed by atoms with van der Waals surface area (Å²) in [7, 11) is 1.23. The molecule has 0 aliphatic heterocycles. The van der Waals surface area contributed by atoms with Crippen LogP contribution in [0.25, 0.3) is 5.57 Å². The number of hydrogen-bond acceptors (Lipinski definition) is 7. The predicted octanol–water partition coefficient (Wildman–Crippen LogP) is 6.66. The second kappa shape index (κ2) is 12.3. The lowest BCUT2D eigenvalue weighted by Crippen LogP contribution is -2.18. The van der Waals surface area contributed by atoms with E-state index in [4.69, 9.17) is 9.47 Å². The molecule has 3 rings (SSSR count). The van der Waals surface area contributed by atoms with Crippen LogP contribution in [0.15, 0.2) is 40.7 Å². The van der Waals surface area contributed by atoms with Gasteiger partial charge in [-0.3, -0.25) is 14.6 Å². The highest BCUT2D eigenvalue weighted by atomic mass is 79.9. The van der Waals surface area contributed by atoms with Crippen molar-refractivity contribution in [2.45, 2.75) is 66.1 Å². The molecular weight excluding hydrogens is 526 g/mol. The summed E-state index contributed by atoms with van der Waals surface area (Å²) in [4.78, 5) is 41.7. The summed E-state index contributed by atoms with van der Waals surface area (Å²) in [6.07, 6.45) is 2.66.